The monoisotopic (exact) mass is 237 g/mol. The van der Waals surface area contributed by atoms with E-state index in [0.717, 1.165) is 25.3 Å². The summed E-state index contributed by atoms with van der Waals surface area (Å²) in [4.78, 5) is 13.7. The molecular weight excluding hydrogens is 218 g/mol. The zero-order chi connectivity index (χ0) is 12.3. The molecule has 0 aliphatic carbocycles. The Balaban J connectivity index is 1.97. The van der Waals surface area contributed by atoms with Crippen LogP contribution in [0.2, 0.25) is 0 Å². The highest BCUT2D eigenvalue weighted by atomic mass is 16.5. The van der Waals surface area contributed by atoms with E-state index < -0.39 is 0 Å². The van der Waals surface area contributed by atoms with E-state index in [-0.39, 0.29) is 5.92 Å². The minimum Gasteiger partial charge on any atom is -0.383 e. The van der Waals surface area contributed by atoms with Crippen LogP contribution in [0.25, 0.3) is 0 Å². The Hall–Kier alpha value is -1.36. The number of piperidine rings is 1. The molecule has 17 heavy (non-hydrogen) atoms. The van der Waals surface area contributed by atoms with Crippen molar-refractivity contribution in [3.8, 4) is 0 Å². The molecule has 5 heteroatoms. The van der Waals surface area contributed by atoms with Crippen molar-refractivity contribution in [3.63, 3.8) is 0 Å². The van der Waals surface area contributed by atoms with E-state index >= 15 is 0 Å². The summed E-state index contributed by atoms with van der Waals surface area (Å²) in [7, 11) is 1.68. The summed E-state index contributed by atoms with van der Waals surface area (Å²) in [5, 5.41) is 4.28. The number of carbonyl (C=O) groups excluding carboxylic acids is 1. The van der Waals surface area contributed by atoms with Gasteiger partial charge in [-0.1, -0.05) is 6.92 Å². The van der Waals surface area contributed by atoms with E-state index in [0.29, 0.717) is 18.8 Å². The van der Waals surface area contributed by atoms with Gasteiger partial charge in [-0.15, -0.1) is 0 Å². The summed E-state index contributed by atoms with van der Waals surface area (Å²) >= 11 is 0. The van der Waals surface area contributed by atoms with Gasteiger partial charge in [0, 0.05) is 38.7 Å². The second kappa shape index (κ2) is 5.31. The molecule has 1 unspecified atom stereocenters. The maximum atomic E-state index is 11.5. The molecule has 0 radical (unpaired) electrons. The van der Waals surface area contributed by atoms with E-state index in [4.69, 9.17) is 4.74 Å². The van der Waals surface area contributed by atoms with Gasteiger partial charge in [-0.05, 0) is 0 Å². The molecule has 1 aromatic rings. The number of rotatable bonds is 4. The lowest BCUT2D eigenvalue weighted by Crippen LogP contribution is -2.39. The van der Waals surface area contributed by atoms with Crippen LogP contribution in [0.1, 0.15) is 13.3 Å². The highest BCUT2D eigenvalue weighted by Gasteiger charge is 2.24. The predicted molar refractivity (Wildman–Crippen MR) is 65.1 cm³/mol. The third kappa shape index (κ3) is 2.85. The van der Waals surface area contributed by atoms with Crippen LogP contribution in [0.15, 0.2) is 12.4 Å². The average molecular weight is 237 g/mol. The predicted octanol–water partition coefficient (Wildman–Crippen LogP) is 0.945. The van der Waals surface area contributed by atoms with Crippen molar-refractivity contribution < 1.29 is 9.53 Å². The molecule has 1 saturated heterocycles. The number of aromatic nitrogens is 2. The van der Waals surface area contributed by atoms with Crippen molar-refractivity contribution in [2.45, 2.75) is 19.9 Å². The number of hydrogen-bond donors (Lipinski definition) is 0. The molecule has 0 bridgehead atoms. The molecule has 94 valence electrons. The Morgan fingerprint density at radius 3 is 3.12 bits per heavy atom. The van der Waals surface area contributed by atoms with Crippen molar-refractivity contribution in [1.82, 2.24) is 9.78 Å². The van der Waals surface area contributed by atoms with Crippen LogP contribution in [0.3, 0.4) is 0 Å². The van der Waals surface area contributed by atoms with Gasteiger partial charge in [0.2, 0.25) is 0 Å². The fraction of sp³-hybridized carbons (Fsp3) is 0.667. The maximum absolute atomic E-state index is 11.5. The SMILES string of the molecule is COCCn1cc(N2CCC(=O)C(C)C2)cn1. The van der Waals surface area contributed by atoms with Gasteiger partial charge in [0.25, 0.3) is 0 Å². The summed E-state index contributed by atoms with van der Waals surface area (Å²) in [6, 6.07) is 0. The Morgan fingerprint density at radius 2 is 2.41 bits per heavy atom. The van der Waals surface area contributed by atoms with Crippen LogP contribution in [0.4, 0.5) is 5.69 Å². The first-order valence-electron chi connectivity index (χ1n) is 5.99. The molecule has 1 fully saturated rings. The number of carbonyl (C=O) groups is 1. The Bertz CT molecular complexity index is 389. The molecular formula is C12H19N3O2. The standard InChI is InChI=1S/C12H19N3O2/c1-10-8-14(4-3-12(10)16)11-7-13-15(9-11)5-6-17-2/h7,9-10H,3-6,8H2,1-2H3. The van der Waals surface area contributed by atoms with E-state index in [9.17, 15) is 4.79 Å². The summed E-state index contributed by atoms with van der Waals surface area (Å²) in [5.74, 6) is 0.499. The van der Waals surface area contributed by atoms with Gasteiger partial charge in [-0.25, -0.2) is 0 Å². The van der Waals surface area contributed by atoms with Gasteiger partial charge in [0.1, 0.15) is 5.78 Å². The lowest BCUT2D eigenvalue weighted by molar-refractivity contribution is -0.122. The molecule has 1 aliphatic heterocycles. The minimum atomic E-state index is 0.131. The number of anilines is 1. The van der Waals surface area contributed by atoms with Crippen LogP contribution in [-0.2, 0) is 16.1 Å². The first-order chi connectivity index (χ1) is 8.20. The molecule has 1 aromatic heterocycles. The number of nitrogens with zero attached hydrogens (tertiary/aromatic N) is 3. The average Bonchev–Trinajstić information content (AvgIpc) is 2.79. The Labute approximate surface area is 101 Å². The highest BCUT2D eigenvalue weighted by molar-refractivity contribution is 5.83. The third-order valence-corrected chi connectivity index (χ3v) is 3.18. The minimum absolute atomic E-state index is 0.131. The number of hydrogen-bond acceptors (Lipinski definition) is 4. The number of ether oxygens (including phenoxy) is 1. The summed E-state index contributed by atoms with van der Waals surface area (Å²) in [6.45, 7) is 5.02. The lowest BCUT2D eigenvalue weighted by Gasteiger charge is -2.30. The van der Waals surface area contributed by atoms with E-state index in [1.54, 1.807) is 7.11 Å². The Morgan fingerprint density at radius 1 is 1.59 bits per heavy atom. The number of Topliss-reactive ketones (excluding diaryl/α,β-unsaturated/α-hetero) is 1. The number of ketones is 1. The quantitative estimate of drug-likeness (QED) is 0.782. The van der Waals surface area contributed by atoms with Gasteiger partial charge >= 0.3 is 0 Å². The van der Waals surface area contributed by atoms with Gasteiger partial charge in [0.05, 0.1) is 25.0 Å². The smallest absolute Gasteiger partial charge is 0.139 e. The number of methoxy groups -OCH3 is 1. The molecule has 2 heterocycles. The van der Waals surface area contributed by atoms with Crippen molar-refractivity contribution >= 4 is 11.5 Å². The zero-order valence-electron chi connectivity index (χ0n) is 10.4. The molecule has 0 aromatic carbocycles. The first-order valence-corrected chi connectivity index (χ1v) is 5.99. The summed E-state index contributed by atoms with van der Waals surface area (Å²) in [6.07, 6.45) is 4.52. The van der Waals surface area contributed by atoms with Crippen LogP contribution in [0.5, 0.6) is 0 Å². The molecule has 0 amide bonds. The van der Waals surface area contributed by atoms with Crippen molar-refractivity contribution in [2.75, 3.05) is 31.7 Å². The van der Waals surface area contributed by atoms with Gasteiger partial charge < -0.3 is 9.64 Å². The first kappa shape index (κ1) is 12.1. The van der Waals surface area contributed by atoms with Crippen LogP contribution in [0, 0.1) is 5.92 Å². The van der Waals surface area contributed by atoms with Gasteiger partial charge in [-0.3, -0.25) is 9.48 Å². The van der Waals surface area contributed by atoms with E-state index in [1.165, 1.54) is 0 Å². The van der Waals surface area contributed by atoms with Crippen LogP contribution >= 0.6 is 0 Å². The van der Waals surface area contributed by atoms with E-state index in [1.807, 2.05) is 24.0 Å². The second-order valence-electron chi connectivity index (χ2n) is 4.52. The van der Waals surface area contributed by atoms with Gasteiger partial charge in [0.15, 0.2) is 0 Å². The molecule has 0 spiro atoms. The maximum Gasteiger partial charge on any atom is 0.139 e. The van der Waals surface area contributed by atoms with Crippen molar-refractivity contribution in [3.05, 3.63) is 12.4 Å². The van der Waals surface area contributed by atoms with Crippen molar-refractivity contribution in [1.29, 1.82) is 0 Å². The largest absolute Gasteiger partial charge is 0.383 e. The van der Waals surface area contributed by atoms with Crippen molar-refractivity contribution in [2.24, 2.45) is 5.92 Å². The lowest BCUT2D eigenvalue weighted by atomic mass is 9.98. The molecule has 0 saturated carbocycles. The normalized spacial score (nSPS) is 20.9. The third-order valence-electron chi connectivity index (χ3n) is 3.18. The molecule has 5 nitrogen and oxygen atoms in total. The Kier molecular flexibility index (Phi) is 3.78. The van der Waals surface area contributed by atoms with Crippen LogP contribution < -0.4 is 4.90 Å². The van der Waals surface area contributed by atoms with Crippen LogP contribution in [-0.4, -0.2) is 42.4 Å². The highest BCUT2D eigenvalue weighted by Crippen LogP contribution is 2.20. The van der Waals surface area contributed by atoms with Gasteiger partial charge in [-0.2, -0.15) is 5.10 Å². The summed E-state index contributed by atoms with van der Waals surface area (Å²) < 4.78 is 6.89. The fourth-order valence-electron chi connectivity index (χ4n) is 2.07. The second-order valence-corrected chi connectivity index (χ2v) is 4.52. The zero-order valence-corrected chi connectivity index (χ0v) is 10.4. The molecule has 2 rings (SSSR count). The topological polar surface area (TPSA) is 47.4 Å². The fourth-order valence-corrected chi connectivity index (χ4v) is 2.07. The van der Waals surface area contributed by atoms with E-state index in [2.05, 4.69) is 10.00 Å². The molecule has 1 aliphatic rings. The molecule has 1 atom stereocenters. The summed E-state index contributed by atoms with van der Waals surface area (Å²) in [5.41, 5.74) is 1.10. The molecule has 0 N–H and O–H groups in total.